The molecule has 1 aromatic heterocycles. The second-order valence-electron chi connectivity index (χ2n) is 8.91. The molecule has 0 radical (unpaired) electrons. The molecule has 1 aliphatic heterocycles. The summed E-state index contributed by atoms with van der Waals surface area (Å²) in [5.74, 6) is -0.255. The van der Waals surface area contributed by atoms with Crippen molar-refractivity contribution in [2.45, 2.75) is 26.3 Å². The highest BCUT2D eigenvalue weighted by Gasteiger charge is 2.24. The molecule has 1 fully saturated rings. The fourth-order valence-electron chi connectivity index (χ4n) is 4.14. The molecule has 8 heteroatoms. The zero-order valence-corrected chi connectivity index (χ0v) is 20.0. The largest absolute Gasteiger partial charge is 0.508 e. The number of phenols is 2. The van der Waals surface area contributed by atoms with Crippen LogP contribution in [0.25, 0.3) is 0 Å². The van der Waals surface area contributed by atoms with E-state index in [4.69, 9.17) is 15.6 Å². The Labute approximate surface area is 205 Å². The molecule has 35 heavy (non-hydrogen) atoms. The van der Waals surface area contributed by atoms with E-state index in [1.807, 2.05) is 38.1 Å². The number of amidine groups is 2. The van der Waals surface area contributed by atoms with Gasteiger partial charge in [0.05, 0.1) is 18.8 Å². The minimum Gasteiger partial charge on any atom is -0.508 e. The van der Waals surface area contributed by atoms with Crippen LogP contribution in [0, 0.1) is 10.8 Å². The minimum atomic E-state index is -0.218. The normalized spacial score (nSPS) is 14.1. The van der Waals surface area contributed by atoms with Crippen LogP contribution < -0.4 is 4.90 Å². The Hall–Kier alpha value is -3.75. The number of aromatic nitrogens is 1. The van der Waals surface area contributed by atoms with Gasteiger partial charge in [0.2, 0.25) is 0 Å². The molecule has 2 aromatic carbocycles. The van der Waals surface area contributed by atoms with Crippen molar-refractivity contribution in [2.24, 2.45) is 0 Å². The molecule has 1 aliphatic rings. The van der Waals surface area contributed by atoms with Gasteiger partial charge in [-0.1, -0.05) is 26.0 Å². The molecule has 1 saturated heterocycles. The topological polar surface area (TPSA) is 117 Å². The Morgan fingerprint density at radius 1 is 1.03 bits per heavy atom. The lowest BCUT2D eigenvalue weighted by atomic mass is 9.98. The third-order valence-electron chi connectivity index (χ3n) is 6.11. The van der Waals surface area contributed by atoms with Crippen LogP contribution in [0.4, 0.5) is 5.69 Å². The standard InChI is InChI=1S/C27H31N5O3/c1-18(2)22-14-23(25(34)15-24(22)33)27(29)32(26(28)20-4-3-9-30-16-20)21-7-5-19(6-8-21)17-31-10-12-35-13-11-31/h3-9,14-16,18,28-29,33-34H,10-13,17H2,1-2H3. The van der Waals surface area contributed by atoms with Crippen molar-refractivity contribution in [2.75, 3.05) is 31.2 Å². The van der Waals surface area contributed by atoms with Gasteiger partial charge in [0.1, 0.15) is 23.2 Å². The number of rotatable bonds is 6. The van der Waals surface area contributed by atoms with E-state index in [1.165, 1.54) is 11.0 Å². The first-order valence-corrected chi connectivity index (χ1v) is 11.7. The van der Waals surface area contributed by atoms with E-state index in [-0.39, 0.29) is 34.7 Å². The van der Waals surface area contributed by atoms with Crippen molar-refractivity contribution in [1.82, 2.24) is 9.88 Å². The molecule has 8 nitrogen and oxygen atoms in total. The summed E-state index contributed by atoms with van der Waals surface area (Å²) < 4.78 is 5.43. The summed E-state index contributed by atoms with van der Waals surface area (Å²) in [7, 11) is 0. The van der Waals surface area contributed by atoms with Gasteiger partial charge in [0.15, 0.2) is 0 Å². The first-order chi connectivity index (χ1) is 16.8. The highest BCUT2D eigenvalue weighted by Crippen LogP contribution is 2.34. The van der Waals surface area contributed by atoms with E-state index in [2.05, 4.69) is 9.88 Å². The van der Waals surface area contributed by atoms with E-state index in [9.17, 15) is 10.2 Å². The van der Waals surface area contributed by atoms with Crippen LogP contribution >= 0.6 is 0 Å². The summed E-state index contributed by atoms with van der Waals surface area (Å²) >= 11 is 0. The van der Waals surface area contributed by atoms with Crippen molar-refractivity contribution < 1.29 is 14.9 Å². The molecule has 4 N–H and O–H groups in total. The quantitative estimate of drug-likeness (QED) is 0.313. The summed E-state index contributed by atoms with van der Waals surface area (Å²) in [6, 6.07) is 14.1. The lowest BCUT2D eigenvalue weighted by molar-refractivity contribution is 0.0342. The summed E-state index contributed by atoms with van der Waals surface area (Å²) in [5, 5.41) is 38.8. The number of aromatic hydroxyl groups is 2. The molecule has 4 rings (SSSR count). The van der Waals surface area contributed by atoms with Crippen LogP contribution in [0.15, 0.2) is 60.9 Å². The van der Waals surface area contributed by atoms with Gasteiger partial charge < -0.3 is 14.9 Å². The number of hydrogen-bond acceptors (Lipinski definition) is 7. The smallest absolute Gasteiger partial charge is 0.142 e. The molecule has 2 heterocycles. The van der Waals surface area contributed by atoms with Crippen LogP contribution in [0.1, 0.15) is 42.0 Å². The minimum absolute atomic E-state index is 0.00662. The average Bonchev–Trinajstić information content (AvgIpc) is 2.86. The zero-order chi connectivity index (χ0) is 24.9. The first kappa shape index (κ1) is 24.4. The van der Waals surface area contributed by atoms with Crippen LogP contribution in [0.5, 0.6) is 11.5 Å². The number of phenolic OH excluding ortho intramolecular Hbond substituents is 2. The maximum atomic E-state index is 10.6. The molecule has 0 aliphatic carbocycles. The van der Waals surface area contributed by atoms with Crippen molar-refractivity contribution in [3.63, 3.8) is 0 Å². The molecule has 0 unspecified atom stereocenters. The maximum Gasteiger partial charge on any atom is 0.142 e. The fraction of sp³-hybridized carbons (Fsp3) is 0.296. The zero-order valence-electron chi connectivity index (χ0n) is 20.0. The van der Waals surface area contributed by atoms with E-state index >= 15 is 0 Å². The van der Waals surface area contributed by atoms with Crippen LogP contribution in [0.3, 0.4) is 0 Å². The average molecular weight is 474 g/mol. The molecular formula is C27H31N5O3. The SMILES string of the molecule is CC(C)c1cc(C(=N)N(C(=N)c2cccnc2)c2ccc(CN3CCOCC3)cc2)c(O)cc1O. The Balaban J connectivity index is 1.70. The molecule has 0 amide bonds. The highest BCUT2D eigenvalue weighted by atomic mass is 16.5. The number of nitrogens with one attached hydrogen (secondary N) is 2. The van der Waals surface area contributed by atoms with E-state index in [1.54, 1.807) is 30.6 Å². The second-order valence-corrected chi connectivity index (χ2v) is 8.91. The number of hydrogen-bond donors (Lipinski definition) is 4. The van der Waals surface area contributed by atoms with E-state index in [0.717, 1.165) is 38.4 Å². The summed E-state index contributed by atoms with van der Waals surface area (Å²) in [5.41, 5.74) is 3.14. The van der Waals surface area contributed by atoms with Gasteiger partial charge in [-0.15, -0.1) is 0 Å². The summed E-state index contributed by atoms with van der Waals surface area (Å²) in [6.45, 7) is 7.92. The lowest BCUT2D eigenvalue weighted by Crippen LogP contribution is -2.37. The van der Waals surface area contributed by atoms with Gasteiger partial charge in [0, 0.05) is 49.3 Å². The van der Waals surface area contributed by atoms with Gasteiger partial charge in [-0.05, 0) is 47.4 Å². The van der Waals surface area contributed by atoms with Crippen molar-refractivity contribution in [3.05, 3.63) is 83.2 Å². The molecule has 3 aromatic rings. The third-order valence-corrected chi connectivity index (χ3v) is 6.11. The Bertz CT molecular complexity index is 1190. The Kier molecular flexibility index (Phi) is 7.43. The van der Waals surface area contributed by atoms with Gasteiger partial charge in [-0.3, -0.25) is 25.6 Å². The molecular weight excluding hydrogens is 442 g/mol. The van der Waals surface area contributed by atoms with Crippen LogP contribution in [-0.4, -0.2) is 58.1 Å². The van der Waals surface area contributed by atoms with Gasteiger partial charge in [-0.2, -0.15) is 0 Å². The van der Waals surface area contributed by atoms with Crippen molar-refractivity contribution in [3.8, 4) is 11.5 Å². The molecule has 182 valence electrons. The number of benzene rings is 2. The maximum absolute atomic E-state index is 10.6. The van der Waals surface area contributed by atoms with Gasteiger partial charge in [0.25, 0.3) is 0 Å². The van der Waals surface area contributed by atoms with E-state index in [0.29, 0.717) is 16.8 Å². The van der Waals surface area contributed by atoms with Gasteiger partial charge >= 0.3 is 0 Å². The number of anilines is 1. The predicted molar refractivity (Wildman–Crippen MR) is 137 cm³/mol. The summed E-state index contributed by atoms with van der Waals surface area (Å²) in [6.07, 6.45) is 3.21. The predicted octanol–water partition coefficient (Wildman–Crippen LogP) is 4.31. The second kappa shape index (κ2) is 10.7. The molecule has 0 saturated carbocycles. The van der Waals surface area contributed by atoms with Crippen molar-refractivity contribution in [1.29, 1.82) is 10.8 Å². The molecule has 0 bridgehead atoms. The molecule has 0 spiro atoms. The van der Waals surface area contributed by atoms with E-state index < -0.39 is 0 Å². The highest BCUT2D eigenvalue weighted by molar-refractivity contribution is 6.28. The summed E-state index contributed by atoms with van der Waals surface area (Å²) in [4.78, 5) is 7.93. The number of morpholine rings is 1. The Morgan fingerprint density at radius 2 is 1.74 bits per heavy atom. The number of pyridine rings is 1. The van der Waals surface area contributed by atoms with Crippen LogP contribution in [0.2, 0.25) is 0 Å². The first-order valence-electron chi connectivity index (χ1n) is 11.7. The Morgan fingerprint density at radius 3 is 2.37 bits per heavy atom. The monoisotopic (exact) mass is 473 g/mol. The van der Waals surface area contributed by atoms with Crippen LogP contribution in [-0.2, 0) is 11.3 Å². The fourth-order valence-corrected chi connectivity index (χ4v) is 4.14. The third kappa shape index (κ3) is 5.50. The number of ether oxygens (including phenoxy) is 1. The number of nitrogens with zero attached hydrogens (tertiary/aromatic N) is 3. The lowest BCUT2D eigenvalue weighted by Gasteiger charge is -2.28. The van der Waals surface area contributed by atoms with Gasteiger partial charge in [-0.25, -0.2) is 0 Å². The molecule has 0 atom stereocenters. The van der Waals surface area contributed by atoms with Crippen molar-refractivity contribution >= 4 is 17.4 Å².